The zero-order valence-corrected chi connectivity index (χ0v) is 18.3. The van der Waals surface area contributed by atoms with E-state index in [-0.39, 0.29) is 24.3 Å². The van der Waals surface area contributed by atoms with Crippen LogP contribution in [0.4, 0.5) is 0 Å². The van der Waals surface area contributed by atoms with Crippen molar-refractivity contribution in [3.63, 3.8) is 0 Å². The van der Waals surface area contributed by atoms with Crippen molar-refractivity contribution in [2.45, 2.75) is 39.0 Å². The Balaban J connectivity index is 1.95. The number of fused-ring (bicyclic) bond motifs is 4. The first-order valence-corrected chi connectivity index (χ1v) is 10.6. The molecule has 2 aliphatic rings. The molecular weight excluding hydrogens is 412 g/mol. The second-order valence-corrected chi connectivity index (χ2v) is 7.82. The molecule has 0 spiro atoms. The quantitative estimate of drug-likeness (QED) is 0.761. The molecule has 2 aromatic rings. The van der Waals surface area contributed by atoms with Gasteiger partial charge < -0.3 is 24.8 Å². The van der Waals surface area contributed by atoms with E-state index in [1.807, 2.05) is 12.1 Å². The highest BCUT2D eigenvalue weighted by atomic mass is 16.8. The van der Waals surface area contributed by atoms with Gasteiger partial charge in [0.15, 0.2) is 18.5 Å². The Bertz CT molecular complexity index is 1130. The van der Waals surface area contributed by atoms with E-state index < -0.39 is 17.6 Å². The van der Waals surface area contributed by atoms with Crippen LogP contribution in [0.25, 0.3) is 11.1 Å². The molecular formula is C24H26N2O6. The van der Waals surface area contributed by atoms with Gasteiger partial charge in [-0.2, -0.15) is 0 Å². The van der Waals surface area contributed by atoms with E-state index in [1.54, 1.807) is 26.2 Å². The summed E-state index contributed by atoms with van der Waals surface area (Å²) < 4.78 is 16.7. The molecule has 1 aliphatic carbocycles. The Morgan fingerprint density at radius 2 is 1.97 bits per heavy atom. The zero-order valence-electron chi connectivity index (χ0n) is 18.3. The van der Waals surface area contributed by atoms with Crippen LogP contribution in [-0.2, 0) is 20.7 Å². The van der Waals surface area contributed by atoms with E-state index >= 15 is 0 Å². The molecule has 1 aliphatic heterocycles. The van der Waals surface area contributed by atoms with E-state index in [0.29, 0.717) is 30.7 Å². The van der Waals surface area contributed by atoms with Gasteiger partial charge in [-0.05, 0) is 66.3 Å². The fraction of sp³-hybridized carbons (Fsp3) is 0.375. The first-order chi connectivity index (χ1) is 15.4. The molecule has 0 bridgehead atoms. The summed E-state index contributed by atoms with van der Waals surface area (Å²) in [5.74, 6) is 0.0742. The molecule has 0 fully saturated rings. The van der Waals surface area contributed by atoms with Crippen molar-refractivity contribution in [3.8, 4) is 16.9 Å². The lowest BCUT2D eigenvalue weighted by Crippen LogP contribution is -2.28. The van der Waals surface area contributed by atoms with Gasteiger partial charge in [0.2, 0.25) is 5.91 Å². The van der Waals surface area contributed by atoms with Crippen molar-refractivity contribution in [2.24, 2.45) is 0 Å². The summed E-state index contributed by atoms with van der Waals surface area (Å²) in [7, 11) is 1.56. The molecule has 0 saturated heterocycles. The fourth-order valence-electron chi connectivity index (χ4n) is 4.32. The average molecular weight is 438 g/mol. The number of hydrogen-bond acceptors (Lipinski definition) is 6. The molecule has 8 heteroatoms. The maximum atomic E-state index is 13.0. The molecule has 32 heavy (non-hydrogen) atoms. The monoisotopic (exact) mass is 438 g/mol. The van der Waals surface area contributed by atoms with Crippen LogP contribution in [0.2, 0.25) is 0 Å². The number of nitrogens with one attached hydrogen (secondary N) is 2. The van der Waals surface area contributed by atoms with Crippen molar-refractivity contribution in [2.75, 3.05) is 20.4 Å². The molecule has 0 saturated carbocycles. The number of methoxy groups -OCH3 is 1. The molecule has 2 N–H and O–H groups in total. The second kappa shape index (κ2) is 9.10. The van der Waals surface area contributed by atoms with Crippen LogP contribution in [-0.4, -0.2) is 32.3 Å². The predicted octanol–water partition coefficient (Wildman–Crippen LogP) is 2.60. The van der Waals surface area contributed by atoms with Crippen molar-refractivity contribution in [1.29, 1.82) is 0 Å². The predicted molar refractivity (Wildman–Crippen MR) is 117 cm³/mol. The van der Waals surface area contributed by atoms with Crippen molar-refractivity contribution < 1.29 is 23.8 Å². The summed E-state index contributed by atoms with van der Waals surface area (Å²) in [5.41, 5.74) is 3.77. The highest BCUT2D eigenvalue weighted by molar-refractivity contribution is 5.94. The third kappa shape index (κ3) is 4.11. The minimum Gasteiger partial charge on any atom is -0.467 e. The number of carbonyl (C=O) groups excluding carboxylic acids is 2. The van der Waals surface area contributed by atoms with Gasteiger partial charge in [-0.3, -0.25) is 14.4 Å². The highest BCUT2D eigenvalue weighted by Gasteiger charge is 2.29. The molecule has 2 atom stereocenters. The summed E-state index contributed by atoms with van der Waals surface area (Å²) in [5, 5.41) is 5.64. The molecule has 1 unspecified atom stereocenters. The van der Waals surface area contributed by atoms with Crippen LogP contribution in [0.15, 0.2) is 35.1 Å². The smallest absolute Gasteiger partial charge is 0.255 e. The molecule has 2 aromatic carbocycles. The molecule has 0 radical (unpaired) electrons. The minimum atomic E-state index is -0.569. The van der Waals surface area contributed by atoms with Crippen LogP contribution < -0.4 is 20.8 Å². The van der Waals surface area contributed by atoms with E-state index in [4.69, 9.17) is 14.2 Å². The SMILES string of the molecule is CCNC(=O)c1ccc2c(cc1=O)[C@@H](NC(C)=O)CCc1cc3c(cc1-2)C(OC)OCO3. The van der Waals surface area contributed by atoms with Gasteiger partial charge >= 0.3 is 0 Å². The number of hydrogen-bond donors (Lipinski definition) is 2. The number of aryl methyl sites for hydroxylation is 1. The topological polar surface area (TPSA) is 103 Å². The van der Waals surface area contributed by atoms with Crippen molar-refractivity contribution in [3.05, 3.63) is 62.8 Å². The zero-order chi connectivity index (χ0) is 22.8. The largest absolute Gasteiger partial charge is 0.467 e. The Kier molecular flexibility index (Phi) is 6.25. The third-order valence-corrected chi connectivity index (χ3v) is 5.74. The third-order valence-electron chi connectivity index (χ3n) is 5.74. The molecule has 0 aromatic heterocycles. The van der Waals surface area contributed by atoms with Gasteiger partial charge in [0.1, 0.15) is 5.75 Å². The first kappa shape index (κ1) is 22.0. The Morgan fingerprint density at radius 3 is 2.69 bits per heavy atom. The molecule has 8 nitrogen and oxygen atoms in total. The van der Waals surface area contributed by atoms with Gasteiger partial charge in [0, 0.05) is 20.6 Å². The molecule has 1 heterocycles. The Hall–Kier alpha value is -3.23. The number of carbonyl (C=O) groups is 2. The standard InChI is InChI=1S/C24H26N2O6/c1-4-25-23(29)16-7-6-15-17-10-19-22(31-12-32-24(19)30-3)9-14(17)5-8-20(26-13(2)27)18(15)11-21(16)28/h6-7,9-11,20,24H,4-5,8,12H2,1-3H3,(H,25,29)(H,26,27)/t20-,24?/m0/s1. The first-order valence-electron chi connectivity index (χ1n) is 10.6. The van der Waals surface area contributed by atoms with Gasteiger partial charge in [-0.15, -0.1) is 0 Å². The van der Waals surface area contributed by atoms with Gasteiger partial charge in [-0.25, -0.2) is 0 Å². The lowest BCUT2D eigenvalue weighted by Gasteiger charge is -2.26. The van der Waals surface area contributed by atoms with Crippen LogP contribution in [0.5, 0.6) is 5.75 Å². The van der Waals surface area contributed by atoms with Crippen LogP contribution in [0.3, 0.4) is 0 Å². The summed E-state index contributed by atoms with van der Waals surface area (Å²) >= 11 is 0. The van der Waals surface area contributed by atoms with E-state index in [2.05, 4.69) is 10.6 Å². The van der Waals surface area contributed by atoms with Gasteiger partial charge in [0.05, 0.1) is 17.2 Å². The maximum Gasteiger partial charge on any atom is 0.255 e. The number of rotatable bonds is 4. The van der Waals surface area contributed by atoms with Crippen LogP contribution in [0, 0.1) is 0 Å². The van der Waals surface area contributed by atoms with Crippen molar-refractivity contribution in [1.82, 2.24) is 10.6 Å². The summed E-state index contributed by atoms with van der Waals surface area (Å²) in [6, 6.07) is 8.34. The normalized spacial score (nSPS) is 18.8. The Labute approximate surface area is 185 Å². The maximum absolute atomic E-state index is 13.0. The molecule has 4 rings (SSSR count). The van der Waals surface area contributed by atoms with Gasteiger partial charge in [0.25, 0.3) is 5.91 Å². The minimum absolute atomic E-state index is 0.0578. The number of ether oxygens (including phenoxy) is 3. The van der Waals surface area contributed by atoms with E-state index in [0.717, 1.165) is 22.3 Å². The number of amides is 2. The fourth-order valence-corrected chi connectivity index (χ4v) is 4.32. The summed E-state index contributed by atoms with van der Waals surface area (Å²) in [4.78, 5) is 37.3. The van der Waals surface area contributed by atoms with Crippen molar-refractivity contribution >= 4 is 11.8 Å². The van der Waals surface area contributed by atoms with E-state index in [1.165, 1.54) is 13.0 Å². The Morgan fingerprint density at radius 1 is 1.16 bits per heavy atom. The van der Waals surface area contributed by atoms with Crippen LogP contribution in [0.1, 0.15) is 59.6 Å². The van der Waals surface area contributed by atoms with E-state index in [9.17, 15) is 14.4 Å². The second-order valence-electron chi connectivity index (χ2n) is 7.82. The summed E-state index contributed by atoms with van der Waals surface area (Å²) in [6.07, 6.45) is 0.702. The number of benzene rings is 1. The van der Waals surface area contributed by atoms with Gasteiger partial charge in [-0.1, -0.05) is 6.07 Å². The lowest BCUT2D eigenvalue weighted by molar-refractivity contribution is -0.180. The summed E-state index contributed by atoms with van der Waals surface area (Å²) in [6.45, 7) is 3.76. The van der Waals surface area contributed by atoms with Crippen LogP contribution >= 0.6 is 0 Å². The average Bonchev–Trinajstić information content (AvgIpc) is 3.01. The molecule has 2 amide bonds. The molecule has 168 valence electrons. The highest BCUT2D eigenvalue weighted by Crippen LogP contribution is 2.42. The lowest BCUT2D eigenvalue weighted by atomic mass is 9.94.